The first-order chi connectivity index (χ1) is 5.09. The van der Waals surface area contributed by atoms with Crippen molar-refractivity contribution in [1.82, 2.24) is 4.98 Å². The summed E-state index contributed by atoms with van der Waals surface area (Å²) in [4.78, 5) is 3.67. The molecule has 60 valence electrons. The molecule has 0 aromatic carbocycles. The molecular weight excluding hydrogens is 378 g/mol. The van der Waals surface area contributed by atoms with Gasteiger partial charge in [-0.15, -0.1) is 0 Å². The summed E-state index contributed by atoms with van der Waals surface area (Å²) in [6.07, 6.45) is -2.47. The smallest absolute Gasteiger partial charge is 0.241 e. The number of halogens is 4. The zero-order valence-electron chi connectivity index (χ0n) is 5.19. The van der Waals surface area contributed by atoms with Gasteiger partial charge < -0.3 is 0 Å². The summed E-state index contributed by atoms with van der Waals surface area (Å²) in [6.45, 7) is 0. The van der Waals surface area contributed by atoms with E-state index in [-0.39, 0.29) is 5.69 Å². The quantitative estimate of drug-likeness (QED) is 0.538. The van der Waals surface area contributed by atoms with Crippen LogP contribution in [0.25, 0.3) is 0 Å². The summed E-state index contributed by atoms with van der Waals surface area (Å²) < 4.78 is 25.5. The normalized spacial score (nSPS) is 10.6. The number of aromatic nitrogens is 1. The lowest BCUT2D eigenvalue weighted by Gasteiger charge is -1.99. The van der Waals surface area contributed by atoms with Gasteiger partial charge in [0.25, 0.3) is 6.43 Å². The van der Waals surface area contributed by atoms with Crippen molar-refractivity contribution in [2.24, 2.45) is 0 Å². The van der Waals surface area contributed by atoms with Crippen LogP contribution in [0, 0.1) is 7.27 Å². The van der Waals surface area contributed by atoms with E-state index in [2.05, 4.69) is 4.98 Å². The van der Waals surface area contributed by atoms with Crippen molar-refractivity contribution < 1.29 is 8.78 Å². The van der Waals surface area contributed by atoms with Gasteiger partial charge >= 0.3 is 0 Å². The first kappa shape index (κ1) is 9.56. The number of pyridine rings is 1. The molecular formula is C6H3F2I2N. The Balaban J connectivity index is 3.08. The fraction of sp³-hybridized carbons (Fsp3) is 0.167. The van der Waals surface area contributed by atoms with Gasteiger partial charge in [0.05, 0.1) is 0 Å². The Kier molecular flexibility index (Phi) is 3.41. The highest BCUT2D eigenvalue weighted by molar-refractivity contribution is 14.1. The Hall–Kier alpha value is 0.470. The SMILES string of the molecule is FC(F)c1cc(I)cc(I)n1. The lowest BCUT2D eigenvalue weighted by atomic mass is 10.4. The molecule has 0 unspecified atom stereocenters. The molecule has 0 spiro atoms. The standard InChI is InChI=1S/C6H3F2I2N/c7-6(8)4-1-3(9)2-5(10)11-4/h1-2,6H. The van der Waals surface area contributed by atoms with E-state index in [0.29, 0.717) is 3.70 Å². The van der Waals surface area contributed by atoms with E-state index in [9.17, 15) is 8.78 Å². The maximum Gasteiger partial charge on any atom is 0.280 e. The zero-order chi connectivity index (χ0) is 8.43. The monoisotopic (exact) mass is 381 g/mol. The Labute approximate surface area is 89.9 Å². The lowest BCUT2D eigenvalue weighted by Crippen LogP contribution is -1.93. The molecule has 0 aliphatic heterocycles. The summed E-state index contributed by atoms with van der Waals surface area (Å²) in [5.41, 5.74) is -0.152. The highest BCUT2D eigenvalue weighted by Gasteiger charge is 2.09. The molecule has 11 heavy (non-hydrogen) atoms. The molecule has 0 bridgehead atoms. The molecule has 0 radical (unpaired) electrons. The number of alkyl halides is 2. The van der Waals surface area contributed by atoms with E-state index in [1.54, 1.807) is 6.07 Å². The molecule has 0 amide bonds. The van der Waals surface area contributed by atoms with Crippen molar-refractivity contribution in [2.45, 2.75) is 6.43 Å². The van der Waals surface area contributed by atoms with E-state index in [1.165, 1.54) is 6.07 Å². The third-order valence-corrected chi connectivity index (χ3v) is 2.18. The summed E-state index contributed by atoms with van der Waals surface area (Å²) in [5.74, 6) is 0. The minimum absolute atomic E-state index is 0.152. The van der Waals surface area contributed by atoms with Crippen molar-refractivity contribution in [2.75, 3.05) is 0 Å². The fourth-order valence-corrected chi connectivity index (χ4v) is 2.42. The summed E-state index contributed by atoms with van der Waals surface area (Å²) >= 11 is 3.90. The molecule has 1 nitrogen and oxygen atoms in total. The molecule has 0 aliphatic rings. The van der Waals surface area contributed by atoms with Gasteiger partial charge in [-0.1, -0.05) is 0 Å². The van der Waals surface area contributed by atoms with Gasteiger partial charge in [0.2, 0.25) is 0 Å². The maximum atomic E-state index is 12.1. The molecule has 0 fully saturated rings. The van der Waals surface area contributed by atoms with Gasteiger partial charge in [-0.05, 0) is 57.3 Å². The number of hydrogen-bond donors (Lipinski definition) is 0. The second kappa shape index (κ2) is 3.92. The topological polar surface area (TPSA) is 12.9 Å². The lowest BCUT2D eigenvalue weighted by molar-refractivity contribution is 0.146. The fourth-order valence-electron chi connectivity index (χ4n) is 0.596. The third-order valence-electron chi connectivity index (χ3n) is 1.00. The predicted molar refractivity (Wildman–Crippen MR) is 54.6 cm³/mol. The number of rotatable bonds is 1. The second-order valence-corrected chi connectivity index (χ2v) is 4.18. The molecule has 0 N–H and O–H groups in total. The van der Waals surface area contributed by atoms with Crippen LogP contribution in [0.3, 0.4) is 0 Å². The average molecular weight is 381 g/mol. The molecule has 0 saturated carbocycles. The molecule has 0 atom stereocenters. The van der Waals surface area contributed by atoms with Crippen LogP contribution in [0.15, 0.2) is 12.1 Å². The van der Waals surface area contributed by atoms with E-state index in [4.69, 9.17) is 0 Å². The molecule has 1 aromatic heterocycles. The molecule has 1 rings (SSSR count). The Morgan fingerprint density at radius 1 is 1.27 bits per heavy atom. The van der Waals surface area contributed by atoms with Crippen LogP contribution >= 0.6 is 45.2 Å². The molecule has 1 heterocycles. The van der Waals surface area contributed by atoms with E-state index in [1.807, 2.05) is 45.2 Å². The van der Waals surface area contributed by atoms with Crippen molar-refractivity contribution in [3.63, 3.8) is 0 Å². The van der Waals surface area contributed by atoms with Gasteiger partial charge in [-0.25, -0.2) is 13.8 Å². The van der Waals surface area contributed by atoms with Crippen LogP contribution < -0.4 is 0 Å². The van der Waals surface area contributed by atoms with E-state index in [0.717, 1.165) is 3.57 Å². The van der Waals surface area contributed by atoms with Crippen LogP contribution in [0.5, 0.6) is 0 Å². The van der Waals surface area contributed by atoms with Crippen LogP contribution in [-0.2, 0) is 0 Å². The maximum absolute atomic E-state index is 12.1. The largest absolute Gasteiger partial charge is 0.280 e. The van der Waals surface area contributed by atoms with Crippen LogP contribution in [0.2, 0.25) is 0 Å². The van der Waals surface area contributed by atoms with Gasteiger partial charge in [0.1, 0.15) is 9.39 Å². The molecule has 0 saturated heterocycles. The second-order valence-electron chi connectivity index (χ2n) is 1.83. The molecule has 1 aromatic rings. The van der Waals surface area contributed by atoms with Gasteiger partial charge in [-0.3, -0.25) is 0 Å². The van der Waals surface area contributed by atoms with Gasteiger partial charge in [-0.2, -0.15) is 0 Å². The van der Waals surface area contributed by atoms with Crippen molar-refractivity contribution in [3.8, 4) is 0 Å². The number of hydrogen-bond acceptors (Lipinski definition) is 1. The first-order valence-corrected chi connectivity index (χ1v) is 4.86. The van der Waals surface area contributed by atoms with Crippen LogP contribution in [0.4, 0.5) is 8.78 Å². The van der Waals surface area contributed by atoms with Gasteiger partial charge in [0, 0.05) is 3.57 Å². The highest BCUT2D eigenvalue weighted by Crippen LogP contribution is 2.19. The first-order valence-electron chi connectivity index (χ1n) is 2.70. The van der Waals surface area contributed by atoms with Crippen LogP contribution in [-0.4, -0.2) is 4.98 Å². The molecule has 0 aliphatic carbocycles. The van der Waals surface area contributed by atoms with Crippen molar-refractivity contribution >= 4 is 45.2 Å². The number of nitrogens with zero attached hydrogens (tertiary/aromatic N) is 1. The Morgan fingerprint density at radius 3 is 2.36 bits per heavy atom. The van der Waals surface area contributed by atoms with Crippen molar-refractivity contribution in [3.05, 3.63) is 25.1 Å². The van der Waals surface area contributed by atoms with Crippen LogP contribution in [0.1, 0.15) is 12.1 Å². The Morgan fingerprint density at radius 2 is 1.91 bits per heavy atom. The minimum Gasteiger partial charge on any atom is -0.241 e. The van der Waals surface area contributed by atoms with Gasteiger partial charge in [0.15, 0.2) is 0 Å². The molecule has 5 heteroatoms. The highest BCUT2D eigenvalue weighted by atomic mass is 127. The zero-order valence-corrected chi connectivity index (χ0v) is 9.51. The summed E-state index contributed by atoms with van der Waals surface area (Å²) in [5, 5.41) is 0. The summed E-state index contributed by atoms with van der Waals surface area (Å²) in [7, 11) is 0. The van der Waals surface area contributed by atoms with Crippen molar-refractivity contribution in [1.29, 1.82) is 0 Å². The summed E-state index contributed by atoms with van der Waals surface area (Å²) in [6, 6.07) is 3.13. The average Bonchev–Trinajstić information content (AvgIpc) is 1.85. The van der Waals surface area contributed by atoms with E-state index < -0.39 is 6.43 Å². The Bertz CT molecular complexity index is 245. The minimum atomic E-state index is -2.47. The van der Waals surface area contributed by atoms with E-state index >= 15 is 0 Å². The third kappa shape index (κ3) is 2.77. The predicted octanol–water partition coefficient (Wildman–Crippen LogP) is 3.23.